The van der Waals surface area contributed by atoms with Gasteiger partial charge in [-0.2, -0.15) is 34.5 Å². The summed E-state index contributed by atoms with van der Waals surface area (Å²) in [5, 5.41) is 10.8. The van der Waals surface area contributed by atoms with Gasteiger partial charge in [-0.3, -0.25) is 0 Å². The number of nitrogens with one attached hydrogen (secondary N) is 1. The monoisotopic (exact) mass is 244 g/mol. The molecule has 0 unspecified atom stereocenters. The highest BCUT2D eigenvalue weighted by molar-refractivity contribution is 5.31. The Morgan fingerprint density at radius 3 is 1.83 bits per heavy atom. The van der Waals surface area contributed by atoms with Gasteiger partial charge in [0.15, 0.2) is 0 Å². The van der Waals surface area contributed by atoms with E-state index in [0.29, 0.717) is 17.8 Å². The standard InChI is InChI=1S/C8H8N10/c1-9-6-14-7(17-4-10-2-12-17)16-8(15-6)18-5-11-3-13-18/h2-5H,1H3,(H,9,14,15,16). The van der Waals surface area contributed by atoms with E-state index in [2.05, 4.69) is 40.4 Å². The van der Waals surface area contributed by atoms with E-state index in [1.807, 2.05) is 0 Å². The van der Waals surface area contributed by atoms with E-state index < -0.39 is 0 Å². The molecule has 0 aliphatic rings. The predicted molar refractivity (Wildman–Crippen MR) is 59.2 cm³/mol. The molecule has 3 aromatic rings. The summed E-state index contributed by atoms with van der Waals surface area (Å²) in [6.45, 7) is 0. The molecule has 0 saturated heterocycles. The minimum Gasteiger partial charge on any atom is -0.357 e. The van der Waals surface area contributed by atoms with Crippen LogP contribution in [0.2, 0.25) is 0 Å². The number of nitrogens with zero attached hydrogens (tertiary/aromatic N) is 9. The molecule has 0 atom stereocenters. The van der Waals surface area contributed by atoms with Crippen LogP contribution in [0.4, 0.5) is 5.95 Å². The van der Waals surface area contributed by atoms with E-state index in [4.69, 9.17) is 0 Å². The molecule has 3 aromatic heterocycles. The molecule has 0 aromatic carbocycles. The molecular formula is C8H8N10. The van der Waals surface area contributed by atoms with Crippen LogP contribution in [0.3, 0.4) is 0 Å². The van der Waals surface area contributed by atoms with Gasteiger partial charge < -0.3 is 5.32 Å². The Balaban J connectivity index is 2.13. The van der Waals surface area contributed by atoms with E-state index in [1.54, 1.807) is 7.05 Å². The van der Waals surface area contributed by atoms with Gasteiger partial charge in [0, 0.05) is 7.05 Å². The average molecular weight is 244 g/mol. The van der Waals surface area contributed by atoms with Crippen molar-refractivity contribution in [2.24, 2.45) is 0 Å². The van der Waals surface area contributed by atoms with Gasteiger partial charge in [-0.05, 0) is 0 Å². The molecule has 1 N–H and O–H groups in total. The first-order chi connectivity index (χ1) is 8.86. The second-order valence-corrected chi connectivity index (χ2v) is 3.19. The number of hydrogen-bond acceptors (Lipinski definition) is 8. The fraction of sp³-hybridized carbons (Fsp3) is 0.125. The molecule has 3 heterocycles. The Morgan fingerprint density at radius 2 is 1.44 bits per heavy atom. The third-order valence-corrected chi connectivity index (χ3v) is 2.08. The van der Waals surface area contributed by atoms with E-state index in [-0.39, 0.29) is 0 Å². The van der Waals surface area contributed by atoms with E-state index in [0.717, 1.165) is 0 Å². The normalized spacial score (nSPS) is 10.5. The third-order valence-electron chi connectivity index (χ3n) is 2.08. The first-order valence-corrected chi connectivity index (χ1v) is 5.00. The highest BCUT2D eigenvalue weighted by Gasteiger charge is 2.09. The molecule has 0 amide bonds. The van der Waals surface area contributed by atoms with Crippen molar-refractivity contribution in [2.45, 2.75) is 0 Å². The number of anilines is 1. The average Bonchev–Trinajstić information content (AvgIpc) is 3.10. The Kier molecular flexibility index (Phi) is 2.37. The lowest BCUT2D eigenvalue weighted by atomic mass is 10.8. The molecule has 0 fully saturated rings. The van der Waals surface area contributed by atoms with Gasteiger partial charge in [-0.1, -0.05) is 0 Å². The summed E-state index contributed by atoms with van der Waals surface area (Å²) >= 11 is 0. The van der Waals surface area contributed by atoms with Crippen molar-refractivity contribution in [3.63, 3.8) is 0 Å². The van der Waals surface area contributed by atoms with Crippen molar-refractivity contribution in [2.75, 3.05) is 12.4 Å². The molecule has 10 nitrogen and oxygen atoms in total. The molecule has 90 valence electrons. The summed E-state index contributed by atoms with van der Waals surface area (Å²) < 4.78 is 2.87. The Hall–Kier alpha value is -2.91. The van der Waals surface area contributed by atoms with Crippen LogP contribution in [0.5, 0.6) is 0 Å². The maximum Gasteiger partial charge on any atom is 0.258 e. The molecule has 0 saturated carbocycles. The highest BCUT2D eigenvalue weighted by atomic mass is 15.4. The van der Waals surface area contributed by atoms with Gasteiger partial charge in [0.1, 0.15) is 25.3 Å². The van der Waals surface area contributed by atoms with Crippen molar-refractivity contribution in [3.05, 3.63) is 25.3 Å². The summed E-state index contributed by atoms with van der Waals surface area (Å²) in [4.78, 5) is 20.3. The van der Waals surface area contributed by atoms with E-state index in [1.165, 1.54) is 34.7 Å². The van der Waals surface area contributed by atoms with Crippen molar-refractivity contribution in [1.82, 2.24) is 44.5 Å². The molecule has 10 heteroatoms. The molecular weight excluding hydrogens is 236 g/mol. The summed E-state index contributed by atoms with van der Waals surface area (Å²) in [7, 11) is 1.71. The van der Waals surface area contributed by atoms with Gasteiger partial charge in [0.05, 0.1) is 0 Å². The Bertz CT molecular complexity index is 575. The molecule has 18 heavy (non-hydrogen) atoms. The second kappa shape index (κ2) is 4.16. The summed E-state index contributed by atoms with van der Waals surface area (Å²) in [6.07, 6.45) is 5.80. The van der Waals surface area contributed by atoms with Crippen LogP contribution in [-0.4, -0.2) is 51.5 Å². The van der Waals surface area contributed by atoms with Crippen molar-refractivity contribution >= 4 is 5.95 Å². The minimum atomic E-state index is 0.345. The van der Waals surface area contributed by atoms with Crippen LogP contribution in [0.25, 0.3) is 11.9 Å². The number of aromatic nitrogens is 9. The van der Waals surface area contributed by atoms with Crippen LogP contribution in [0, 0.1) is 0 Å². The van der Waals surface area contributed by atoms with E-state index >= 15 is 0 Å². The summed E-state index contributed by atoms with van der Waals surface area (Å²) in [5.41, 5.74) is 0. The summed E-state index contributed by atoms with van der Waals surface area (Å²) in [6, 6.07) is 0. The topological polar surface area (TPSA) is 112 Å². The maximum atomic E-state index is 4.22. The van der Waals surface area contributed by atoms with Crippen LogP contribution < -0.4 is 5.32 Å². The Morgan fingerprint density at radius 1 is 0.889 bits per heavy atom. The van der Waals surface area contributed by atoms with Gasteiger partial charge in [0.25, 0.3) is 11.9 Å². The van der Waals surface area contributed by atoms with Crippen LogP contribution in [0.15, 0.2) is 25.3 Å². The van der Waals surface area contributed by atoms with Gasteiger partial charge in [-0.25, -0.2) is 9.97 Å². The zero-order valence-electron chi connectivity index (χ0n) is 9.33. The van der Waals surface area contributed by atoms with Crippen LogP contribution in [-0.2, 0) is 0 Å². The first-order valence-electron chi connectivity index (χ1n) is 5.00. The minimum absolute atomic E-state index is 0.345. The second-order valence-electron chi connectivity index (χ2n) is 3.19. The molecule has 0 aliphatic heterocycles. The van der Waals surface area contributed by atoms with Crippen molar-refractivity contribution in [1.29, 1.82) is 0 Å². The maximum absolute atomic E-state index is 4.22. The zero-order valence-corrected chi connectivity index (χ0v) is 9.33. The number of rotatable bonds is 3. The van der Waals surface area contributed by atoms with Crippen molar-refractivity contribution < 1.29 is 0 Å². The zero-order chi connectivity index (χ0) is 12.4. The molecule has 0 spiro atoms. The van der Waals surface area contributed by atoms with Gasteiger partial charge in [-0.15, -0.1) is 0 Å². The fourth-order valence-corrected chi connectivity index (χ4v) is 1.29. The molecule has 0 bridgehead atoms. The third kappa shape index (κ3) is 1.75. The lowest BCUT2D eigenvalue weighted by molar-refractivity contribution is 0.745. The highest BCUT2D eigenvalue weighted by Crippen LogP contribution is 2.06. The molecule has 0 radical (unpaired) electrons. The smallest absolute Gasteiger partial charge is 0.258 e. The van der Waals surface area contributed by atoms with Crippen LogP contribution >= 0.6 is 0 Å². The largest absolute Gasteiger partial charge is 0.357 e. The lowest BCUT2D eigenvalue weighted by Crippen LogP contribution is -2.11. The molecule has 0 aliphatic carbocycles. The number of hydrogen-bond donors (Lipinski definition) is 1. The lowest BCUT2D eigenvalue weighted by Gasteiger charge is -2.05. The van der Waals surface area contributed by atoms with Crippen LogP contribution in [0.1, 0.15) is 0 Å². The SMILES string of the molecule is CNc1nc(-n2cncn2)nc(-n2cncn2)n1. The summed E-state index contributed by atoms with van der Waals surface area (Å²) in [5.74, 6) is 1.09. The Labute approximate surface area is 101 Å². The predicted octanol–water partition coefficient (Wildman–Crippen LogP) is -0.925. The fourth-order valence-electron chi connectivity index (χ4n) is 1.29. The quantitative estimate of drug-likeness (QED) is 0.629. The van der Waals surface area contributed by atoms with Crippen molar-refractivity contribution in [3.8, 4) is 11.9 Å². The first kappa shape index (κ1) is 10.3. The van der Waals surface area contributed by atoms with E-state index in [9.17, 15) is 0 Å². The van der Waals surface area contributed by atoms with Gasteiger partial charge >= 0.3 is 0 Å². The van der Waals surface area contributed by atoms with Gasteiger partial charge in [0.2, 0.25) is 5.95 Å². The molecule has 3 rings (SSSR count).